The van der Waals surface area contributed by atoms with Crippen molar-refractivity contribution in [3.05, 3.63) is 48.2 Å². The van der Waals surface area contributed by atoms with Crippen molar-refractivity contribution in [3.8, 4) is 17.3 Å². The lowest BCUT2D eigenvalue weighted by Gasteiger charge is -2.53. The number of anilines is 1. The van der Waals surface area contributed by atoms with E-state index in [-0.39, 0.29) is 22.8 Å². The van der Waals surface area contributed by atoms with Gasteiger partial charge in [-0.3, -0.25) is 4.79 Å². The van der Waals surface area contributed by atoms with Crippen LogP contribution >= 0.6 is 0 Å². The second-order valence-electron chi connectivity index (χ2n) is 13.8. The molecule has 1 aliphatic heterocycles. The largest absolute Gasteiger partial charge is 0.460 e. The highest BCUT2D eigenvalue weighted by Gasteiger charge is 2.53. The molecule has 9 rings (SSSR count). The number of nitrogens with zero attached hydrogens (tertiary/aromatic N) is 5. The van der Waals surface area contributed by atoms with E-state index in [2.05, 4.69) is 33.2 Å². The lowest BCUT2D eigenvalue weighted by atomic mass is 9.53. The first-order chi connectivity index (χ1) is 21.1. The monoisotopic (exact) mass is 583 g/mol. The third kappa shape index (κ3) is 5.68. The van der Waals surface area contributed by atoms with Gasteiger partial charge in [-0.2, -0.15) is 9.97 Å². The van der Waals surface area contributed by atoms with Gasteiger partial charge in [0.1, 0.15) is 6.10 Å². The van der Waals surface area contributed by atoms with Gasteiger partial charge in [0.05, 0.1) is 5.69 Å². The number of hydrogen-bond donors (Lipinski definition) is 0. The summed E-state index contributed by atoms with van der Waals surface area (Å²) in [6, 6.07) is 10.6. The van der Waals surface area contributed by atoms with Crippen molar-refractivity contribution in [1.82, 2.24) is 20.1 Å². The molecule has 2 aromatic heterocycles. The molecule has 5 saturated carbocycles. The Morgan fingerprint density at radius 1 is 0.953 bits per heavy atom. The van der Waals surface area contributed by atoms with Gasteiger partial charge < -0.3 is 18.9 Å². The third-order valence-electron chi connectivity index (χ3n) is 10.7. The molecule has 5 aliphatic carbocycles. The zero-order valence-corrected chi connectivity index (χ0v) is 24.9. The number of aromatic nitrogens is 4. The number of hydrogen-bond acceptors (Lipinski definition) is 8. The standard InChI is InChI=1S/C34H41N5O4/c40-29(20-23-9-18-41-19-10-23)39(26-3-1-2-25(21-26)28-8-17-35-32(36-28)42-27-6-7-27)22-33-11-14-34(15-12-33,16-13-33)31-37-30(38-43-31)24-4-5-24/h1-3,8,17,21,23-24,27H,4-7,9-16,18-20,22H2. The highest BCUT2D eigenvalue weighted by atomic mass is 16.5. The van der Waals surface area contributed by atoms with E-state index >= 15 is 0 Å². The summed E-state index contributed by atoms with van der Waals surface area (Å²) in [5.41, 5.74) is 2.83. The number of ether oxygens (including phenoxy) is 2. The molecule has 3 heterocycles. The van der Waals surface area contributed by atoms with Crippen LogP contribution in [-0.4, -0.2) is 51.9 Å². The highest BCUT2D eigenvalue weighted by molar-refractivity contribution is 5.94. The van der Waals surface area contributed by atoms with Gasteiger partial charge in [0.25, 0.3) is 0 Å². The van der Waals surface area contributed by atoms with Crippen LogP contribution in [0.1, 0.15) is 101 Å². The van der Waals surface area contributed by atoms with E-state index in [1.807, 2.05) is 12.1 Å². The first-order valence-corrected chi connectivity index (χ1v) is 16.4. The molecule has 1 aromatic carbocycles. The number of carbonyl (C=O) groups excluding carboxylic acids is 1. The van der Waals surface area contributed by atoms with Crippen LogP contribution in [0.2, 0.25) is 0 Å². The molecule has 43 heavy (non-hydrogen) atoms. The molecule has 9 nitrogen and oxygen atoms in total. The van der Waals surface area contributed by atoms with Crippen LogP contribution in [-0.2, 0) is 14.9 Å². The molecule has 2 bridgehead atoms. The Hall–Kier alpha value is -3.33. The van der Waals surface area contributed by atoms with Gasteiger partial charge in [-0.05, 0) is 107 Å². The minimum Gasteiger partial charge on any atom is -0.460 e. The third-order valence-corrected chi connectivity index (χ3v) is 10.7. The smallest absolute Gasteiger partial charge is 0.317 e. The SMILES string of the molecule is O=C(CC1CCOCC1)N(CC12CCC(c3nc(C4CC4)no3)(CC1)CC2)c1cccc(-c2ccnc(OC3CC3)n2)c1. The van der Waals surface area contributed by atoms with Gasteiger partial charge in [-0.1, -0.05) is 17.3 Å². The summed E-state index contributed by atoms with van der Waals surface area (Å²) in [4.78, 5) is 30.1. The minimum absolute atomic E-state index is 0.00595. The van der Waals surface area contributed by atoms with E-state index < -0.39 is 0 Å². The fraction of sp³-hybridized carbons (Fsp3) is 0.618. The lowest BCUT2D eigenvalue weighted by molar-refractivity contribution is -0.121. The average molecular weight is 584 g/mol. The average Bonchev–Trinajstić information content (AvgIpc) is 4.01. The maximum absolute atomic E-state index is 14.1. The van der Waals surface area contributed by atoms with Crippen molar-refractivity contribution >= 4 is 11.6 Å². The van der Waals surface area contributed by atoms with E-state index in [0.29, 0.717) is 24.3 Å². The fourth-order valence-corrected chi connectivity index (χ4v) is 7.47. The van der Waals surface area contributed by atoms with E-state index in [4.69, 9.17) is 24.0 Å². The number of benzene rings is 1. The van der Waals surface area contributed by atoms with Gasteiger partial charge >= 0.3 is 6.01 Å². The Balaban J connectivity index is 1.04. The molecule has 1 amide bonds. The topological polar surface area (TPSA) is 103 Å². The van der Waals surface area contributed by atoms with E-state index in [1.165, 1.54) is 12.8 Å². The van der Waals surface area contributed by atoms with Crippen molar-refractivity contribution in [1.29, 1.82) is 0 Å². The molecular weight excluding hydrogens is 542 g/mol. The van der Waals surface area contributed by atoms with Crippen LogP contribution < -0.4 is 9.64 Å². The maximum atomic E-state index is 14.1. The van der Waals surface area contributed by atoms with Gasteiger partial charge in [-0.15, -0.1) is 0 Å². The van der Waals surface area contributed by atoms with Crippen molar-refractivity contribution in [3.63, 3.8) is 0 Å². The summed E-state index contributed by atoms with van der Waals surface area (Å²) in [5, 5.41) is 4.34. The number of rotatable bonds is 10. The molecular formula is C34H41N5O4. The van der Waals surface area contributed by atoms with Crippen LogP contribution in [0.5, 0.6) is 6.01 Å². The summed E-state index contributed by atoms with van der Waals surface area (Å²) in [6.07, 6.45) is 15.3. The van der Waals surface area contributed by atoms with Crippen LogP contribution in [0, 0.1) is 11.3 Å². The summed E-state index contributed by atoms with van der Waals surface area (Å²) < 4.78 is 17.3. The molecule has 3 aromatic rings. The molecule has 0 atom stereocenters. The van der Waals surface area contributed by atoms with Crippen LogP contribution in [0.4, 0.5) is 5.69 Å². The Labute approximate surface area is 252 Å². The van der Waals surface area contributed by atoms with E-state index in [9.17, 15) is 4.79 Å². The summed E-state index contributed by atoms with van der Waals surface area (Å²) in [6.45, 7) is 2.23. The Morgan fingerprint density at radius 3 is 2.49 bits per heavy atom. The minimum atomic E-state index is 0.00595. The number of amides is 1. The fourth-order valence-electron chi connectivity index (χ4n) is 7.47. The quantitative estimate of drug-likeness (QED) is 0.271. The second kappa shape index (κ2) is 11.0. The molecule has 0 N–H and O–H groups in total. The predicted octanol–water partition coefficient (Wildman–Crippen LogP) is 6.39. The molecule has 0 spiro atoms. The van der Waals surface area contributed by atoms with Crippen molar-refractivity contribution in [2.45, 2.75) is 101 Å². The van der Waals surface area contributed by atoms with Gasteiger partial charge in [0, 0.05) is 55.0 Å². The molecule has 9 heteroatoms. The van der Waals surface area contributed by atoms with Crippen LogP contribution in [0.15, 0.2) is 41.1 Å². The normalized spacial score (nSPS) is 27.3. The summed E-state index contributed by atoms with van der Waals surface area (Å²) in [5.74, 6) is 2.86. The van der Waals surface area contributed by atoms with E-state index in [0.717, 1.165) is 113 Å². The maximum Gasteiger partial charge on any atom is 0.317 e. The van der Waals surface area contributed by atoms with Crippen molar-refractivity contribution in [2.75, 3.05) is 24.7 Å². The molecule has 6 aliphatic rings. The zero-order chi connectivity index (χ0) is 28.9. The molecule has 6 fully saturated rings. The number of carbonyl (C=O) groups is 1. The highest BCUT2D eigenvalue weighted by Crippen LogP contribution is 2.58. The van der Waals surface area contributed by atoms with Crippen molar-refractivity contribution < 1.29 is 18.8 Å². The van der Waals surface area contributed by atoms with E-state index in [1.54, 1.807) is 6.20 Å². The van der Waals surface area contributed by atoms with Crippen LogP contribution in [0.3, 0.4) is 0 Å². The Kier molecular flexibility index (Phi) is 6.96. The predicted molar refractivity (Wildman–Crippen MR) is 160 cm³/mol. The Bertz CT molecular complexity index is 1450. The first kappa shape index (κ1) is 27.2. The van der Waals surface area contributed by atoms with Crippen LogP contribution in [0.25, 0.3) is 11.3 Å². The molecule has 0 radical (unpaired) electrons. The molecule has 226 valence electrons. The second-order valence-corrected chi connectivity index (χ2v) is 13.8. The zero-order valence-electron chi connectivity index (χ0n) is 24.9. The number of fused-ring (bicyclic) bond motifs is 3. The first-order valence-electron chi connectivity index (χ1n) is 16.4. The van der Waals surface area contributed by atoms with Gasteiger partial charge in [-0.25, -0.2) is 4.98 Å². The Morgan fingerprint density at radius 2 is 1.74 bits per heavy atom. The lowest BCUT2D eigenvalue weighted by Crippen LogP contribution is -2.51. The molecule has 0 unspecified atom stereocenters. The summed E-state index contributed by atoms with van der Waals surface area (Å²) >= 11 is 0. The van der Waals surface area contributed by atoms with Gasteiger partial charge in [0.2, 0.25) is 11.8 Å². The van der Waals surface area contributed by atoms with Gasteiger partial charge in [0.15, 0.2) is 5.82 Å². The molecule has 1 saturated heterocycles. The summed E-state index contributed by atoms with van der Waals surface area (Å²) in [7, 11) is 0. The van der Waals surface area contributed by atoms with Crippen molar-refractivity contribution in [2.24, 2.45) is 11.3 Å².